The molecule has 0 amide bonds. The summed E-state index contributed by atoms with van der Waals surface area (Å²) in [4.78, 5) is 22.3. The van der Waals surface area contributed by atoms with Crippen LogP contribution in [0.25, 0.3) is 0 Å². The maximum atomic E-state index is 13.5. The molecule has 0 aromatic heterocycles. The van der Waals surface area contributed by atoms with Gasteiger partial charge >= 0.3 is 5.97 Å². The van der Waals surface area contributed by atoms with Gasteiger partial charge in [-0.05, 0) is 88.5 Å². The molecular weight excluding hydrogens is 740 g/mol. The second kappa shape index (κ2) is 19.0. The van der Waals surface area contributed by atoms with Gasteiger partial charge in [0, 0.05) is 66.0 Å². The molecule has 39 heavy (non-hydrogen) atoms. The molecule has 0 atom stereocenters. The molecule has 0 bridgehead atoms. The van der Waals surface area contributed by atoms with Crippen molar-refractivity contribution in [3.63, 3.8) is 0 Å². The van der Waals surface area contributed by atoms with Gasteiger partial charge in [0.05, 0.1) is 13.5 Å². The predicted molar refractivity (Wildman–Crippen MR) is 164 cm³/mol. The zero-order chi connectivity index (χ0) is 28.2. The summed E-state index contributed by atoms with van der Waals surface area (Å²) in [6.07, 6.45) is 1.03. The van der Waals surface area contributed by atoms with Gasteiger partial charge < -0.3 is 28.5 Å². The van der Waals surface area contributed by atoms with E-state index in [1.54, 1.807) is 12.1 Å². The molecule has 2 aromatic carbocycles. The van der Waals surface area contributed by atoms with Crippen LogP contribution in [0.4, 0.5) is 8.78 Å². The van der Waals surface area contributed by atoms with E-state index in [-0.39, 0.29) is 51.1 Å². The van der Waals surface area contributed by atoms with Gasteiger partial charge in [0.15, 0.2) is 11.6 Å². The number of carbonyl (C=O) groups is 2. The lowest BCUT2D eigenvalue weighted by Crippen LogP contribution is -2.32. The predicted octanol–water partition coefficient (Wildman–Crippen LogP) is 7.35. The molecule has 0 unspecified atom stereocenters. The molecule has 222 valence electrons. The van der Waals surface area contributed by atoms with Crippen molar-refractivity contribution in [2.75, 3.05) is 35.5 Å². The van der Waals surface area contributed by atoms with Crippen molar-refractivity contribution in [1.82, 2.24) is 0 Å². The minimum atomic E-state index is -1.16. The maximum absolute atomic E-state index is 13.5. The molecule has 0 heterocycles. The molecule has 11 heteroatoms. The molecule has 0 fully saturated rings. The summed E-state index contributed by atoms with van der Waals surface area (Å²) in [5.41, 5.74) is 1.11. The van der Waals surface area contributed by atoms with Crippen molar-refractivity contribution < 1.29 is 42.1 Å². The Bertz CT molecular complexity index is 1000. The highest BCUT2D eigenvalue weighted by molar-refractivity contribution is 14.1. The van der Waals surface area contributed by atoms with E-state index in [4.69, 9.17) is 18.9 Å². The first kappa shape index (κ1) is 39.9. The van der Waals surface area contributed by atoms with Crippen LogP contribution in [0.1, 0.15) is 58.6 Å². The highest BCUT2D eigenvalue weighted by Crippen LogP contribution is 2.34. The molecule has 0 aliphatic heterocycles. The first-order chi connectivity index (χ1) is 17.4. The minimum Gasteiger partial charge on any atom is -0.469 e. The number of methoxy groups -OCH3 is 5. The molecule has 7 nitrogen and oxygen atoms in total. The third kappa shape index (κ3) is 12.0. The van der Waals surface area contributed by atoms with Gasteiger partial charge in [-0.25, -0.2) is 8.78 Å². The number of Topliss-reactive ketones (excluding diaryl/α,β-unsaturated/α-hetero) is 1. The fourth-order valence-corrected chi connectivity index (χ4v) is 4.86. The van der Waals surface area contributed by atoms with Gasteiger partial charge in [-0.3, -0.25) is 4.79 Å². The van der Waals surface area contributed by atoms with Crippen molar-refractivity contribution in [3.8, 4) is 0 Å². The molecular formula is C28H40F2I2O7. The zero-order valence-electron chi connectivity index (χ0n) is 21.7. The molecule has 0 N–H and O–H groups in total. The zero-order valence-corrected chi connectivity index (χ0v) is 26.0. The van der Waals surface area contributed by atoms with Crippen molar-refractivity contribution in [2.45, 2.75) is 59.0 Å². The van der Waals surface area contributed by atoms with E-state index in [0.29, 0.717) is 24.0 Å². The number of rotatable bonds is 12. The van der Waals surface area contributed by atoms with Crippen LogP contribution in [-0.2, 0) is 44.8 Å². The summed E-state index contributed by atoms with van der Waals surface area (Å²) in [5, 5.41) is 0. The van der Waals surface area contributed by atoms with Gasteiger partial charge in [-0.15, -0.1) is 0 Å². The van der Waals surface area contributed by atoms with Gasteiger partial charge in [-0.1, -0.05) is 14.9 Å². The summed E-state index contributed by atoms with van der Waals surface area (Å²) in [6.45, 7) is 1.51. The quantitative estimate of drug-likeness (QED) is 0.127. The molecule has 0 spiro atoms. The lowest BCUT2D eigenvalue weighted by Gasteiger charge is -2.31. The highest BCUT2D eigenvalue weighted by Gasteiger charge is 2.34. The molecule has 2 rings (SSSR count). The first-order valence-corrected chi connectivity index (χ1v) is 13.3. The van der Waals surface area contributed by atoms with E-state index in [1.807, 2.05) is 45.2 Å². The van der Waals surface area contributed by atoms with E-state index < -0.39 is 11.6 Å². The van der Waals surface area contributed by atoms with Gasteiger partial charge in [-0.2, -0.15) is 0 Å². The standard InChI is InChI=1S/C13H16FIO4.C13H16FIO3.2CH4/c1-17-12(16)4-5-13(18-2,19-3)9-6-10(14)8-11(15)7-9;1-9(16)4-5-13(17-2,18-3)10-6-11(14)8-12(15)7-10;;/h6-8H,4-5H2,1-3H3;6-8H,4-5H2,1-3H3;2*1H4. The van der Waals surface area contributed by atoms with Crippen LogP contribution in [0, 0.1) is 18.8 Å². The van der Waals surface area contributed by atoms with E-state index in [0.717, 1.165) is 7.14 Å². The van der Waals surface area contributed by atoms with E-state index in [1.165, 1.54) is 66.7 Å². The Hall–Kier alpha value is -1.26. The summed E-state index contributed by atoms with van der Waals surface area (Å²) in [5.74, 6) is -3.29. The average molecular weight is 780 g/mol. The van der Waals surface area contributed by atoms with Crippen molar-refractivity contribution >= 4 is 56.9 Å². The van der Waals surface area contributed by atoms with Gasteiger partial charge in [0.2, 0.25) is 0 Å². The number of carbonyl (C=O) groups excluding carboxylic acids is 2. The summed E-state index contributed by atoms with van der Waals surface area (Å²) < 4.78 is 54.5. The smallest absolute Gasteiger partial charge is 0.305 e. The van der Waals surface area contributed by atoms with Gasteiger partial charge in [0.25, 0.3) is 0 Å². The van der Waals surface area contributed by atoms with Gasteiger partial charge in [0.1, 0.15) is 17.4 Å². The van der Waals surface area contributed by atoms with Crippen molar-refractivity contribution in [2.24, 2.45) is 0 Å². The topological polar surface area (TPSA) is 80.3 Å². The second-order valence-electron chi connectivity index (χ2n) is 7.92. The number of halogens is 4. The summed E-state index contributed by atoms with van der Waals surface area (Å²) in [7, 11) is 7.20. The van der Waals surface area contributed by atoms with E-state index >= 15 is 0 Å². The minimum absolute atomic E-state index is 0. The van der Waals surface area contributed by atoms with Crippen LogP contribution in [-0.4, -0.2) is 47.3 Å². The third-order valence-corrected chi connectivity index (χ3v) is 6.86. The van der Waals surface area contributed by atoms with Crippen molar-refractivity contribution in [3.05, 3.63) is 66.3 Å². The normalized spacial score (nSPS) is 10.9. The second-order valence-corrected chi connectivity index (χ2v) is 10.4. The van der Waals surface area contributed by atoms with Crippen LogP contribution >= 0.6 is 45.2 Å². The van der Waals surface area contributed by atoms with E-state index in [9.17, 15) is 18.4 Å². The molecule has 0 radical (unpaired) electrons. The van der Waals surface area contributed by atoms with E-state index in [2.05, 4.69) is 4.74 Å². The molecule has 2 aromatic rings. The Balaban J connectivity index is 0. The molecule has 0 saturated carbocycles. The van der Waals surface area contributed by atoms with Crippen LogP contribution in [0.15, 0.2) is 36.4 Å². The molecule has 0 saturated heterocycles. The monoisotopic (exact) mass is 780 g/mol. The molecule has 0 aliphatic rings. The summed E-state index contributed by atoms with van der Waals surface area (Å²) in [6, 6.07) is 9.08. The Morgan fingerprint density at radius 3 is 1.33 bits per heavy atom. The van der Waals surface area contributed by atoms with Crippen LogP contribution < -0.4 is 0 Å². The lowest BCUT2D eigenvalue weighted by molar-refractivity contribution is -0.222. The lowest BCUT2D eigenvalue weighted by atomic mass is 9.99. The Kier molecular flexibility index (Phi) is 19.4. The largest absolute Gasteiger partial charge is 0.469 e. The SMILES string of the molecule is C.C.COC(=O)CCC(OC)(OC)c1cc(F)cc(I)c1.COC(CCC(C)=O)(OC)c1cc(F)cc(I)c1. The fourth-order valence-electron chi connectivity index (χ4n) is 3.59. The first-order valence-electron chi connectivity index (χ1n) is 11.1. The number of ketones is 1. The molecule has 0 aliphatic carbocycles. The summed E-state index contributed by atoms with van der Waals surface area (Å²) >= 11 is 4.04. The van der Waals surface area contributed by atoms with Crippen molar-refractivity contribution in [1.29, 1.82) is 0 Å². The third-order valence-electron chi connectivity index (χ3n) is 5.62. The highest BCUT2D eigenvalue weighted by atomic mass is 127. The Labute approximate surface area is 258 Å². The Morgan fingerprint density at radius 2 is 1.05 bits per heavy atom. The Morgan fingerprint density at radius 1 is 0.692 bits per heavy atom. The fraction of sp³-hybridized carbons (Fsp3) is 0.500. The number of ether oxygens (including phenoxy) is 5. The number of esters is 1. The van der Waals surface area contributed by atoms with Crippen LogP contribution in [0.3, 0.4) is 0 Å². The number of benzene rings is 2. The van der Waals surface area contributed by atoms with Crippen LogP contribution in [0.5, 0.6) is 0 Å². The number of hydrogen-bond donors (Lipinski definition) is 0. The maximum Gasteiger partial charge on any atom is 0.305 e. The number of hydrogen-bond acceptors (Lipinski definition) is 7. The van der Waals surface area contributed by atoms with Crippen LogP contribution in [0.2, 0.25) is 0 Å². The average Bonchev–Trinajstić information content (AvgIpc) is 2.85.